The number of nitrogens with zero attached hydrogens (tertiary/aromatic N) is 3. The molecular weight excluding hydrogens is 398 g/mol. The van der Waals surface area contributed by atoms with E-state index in [9.17, 15) is 14.9 Å². The van der Waals surface area contributed by atoms with Gasteiger partial charge >= 0.3 is 0 Å². The number of nitriles is 1. The van der Waals surface area contributed by atoms with Crippen molar-refractivity contribution in [2.45, 2.75) is 13.8 Å². The molecule has 6 nitrogen and oxygen atoms in total. The van der Waals surface area contributed by atoms with Gasteiger partial charge in [-0.05, 0) is 43.5 Å². The number of benzene rings is 1. The molecule has 3 heterocycles. The van der Waals surface area contributed by atoms with E-state index in [1.807, 2.05) is 36.4 Å². The zero-order valence-electron chi connectivity index (χ0n) is 16.2. The highest BCUT2D eigenvalue weighted by Gasteiger charge is 2.34. The van der Waals surface area contributed by atoms with Gasteiger partial charge in [0.2, 0.25) is 5.71 Å². The Hall–Kier alpha value is -3.94. The van der Waals surface area contributed by atoms with Gasteiger partial charge in [-0.3, -0.25) is 14.5 Å². The van der Waals surface area contributed by atoms with Crippen molar-refractivity contribution in [2.75, 3.05) is 6.54 Å². The number of fused-ring (bicyclic) bond motifs is 1. The van der Waals surface area contributed by atoms with E-state index in [-0.39, 0.29) is 17.7 Å². The van der Waals surface area contributed by atoms with Crippen LogP contribution in [0.15, 0.2) is 57.5 Å². The third-order valence-corrected chi connectivity index (χ3v) is 5.52. The van der Waals surface area contributed by atoms with Crippen LogP contribution in [0, 0.1) is 23.2 Å². The Morgan fingerprint density at radius 1 is 1.20 bits per heavy atom. The quantitative estimate of drug-likeness (QED) is 0.361. The first kappa shape index (κ1) is 19.4. The molecule has 146 valence electrons. The van der Waals surface area contributed by atoms with Crippen molar-refractivity contribution in [1.82, 2.24) is 9.88 Å². The first-order valence-electron chi connectivity index (χ1n) is 9.18. The molecule has 0 saturated carbocycles. The topological polar surface area (TPSA) is 87.2 Å². The molecule has 7 heteroatoms. The fourth-order valence-corrected chi connectivity index (χ4v) is 3.87. The molecule has 0 aliphatic carbocycles. The maximum Gasteiger partial charge on any atom is 0.271 e. The van der Waals surface area contributed by atoms with Crippen LogP contribution in [0.4, 0.5) is 0 Å². The summed E-state index contributed by atoms with van der Waals surface area (Å²) in [5.74, 6) is 5.50. The van der Waals surface area contributed by atoms with E-state index in [0.717, 1.165) is 15.2 Å². The third kappa shape index (κ3) is 3.43. The Bertz CT molecular complexity index is 1310. The summed E-state index contributed by atoms with van der Waals surface area (Å²) in [6.07, 6.45) is 1.55. The summed E-state index contributed by atoms with van der Waals surface area (Å²) in [6, 6.07) is 13.3. The number of hydrogen-bond donors (Lipinski definition) is 0. The summed E-state index contributed by atoms with van der Waals surface area (Å²) in [5.41, 5.74) is 1.90. The fourth-order valence-electron chi connectivity index (χ4n) is 3.08. The first-order chi connectivity index (χ1) is 14.5. The van der Waals surface area contributed by atoms with Crippen LogP contribution in [0.1, 0.15) is 30.2 Å². The zero-order chi connectivity index (χ0) is 21.3. The van der Waals surface area contributed by atoms with Crippen molar-refractivity contribution in [3.63, 3.8) is 0 Å². The molecule has 1 aliphatic rings. The molecule has 30 heavy (non-hydrogen) atoms. The highest BCUT2D eigenvalue weighted by Crippen LogP contribution is 2.30. The van der Waals surface area contributed by atoms with Crippen molar-refractivity contribution >= 4 is 39.6 Å². The molecule has 2 aromatic heterocycles. The first-order valence-corrected chi connectivity index (χ1v) is 10.00. The number of furan rings is 1. The molecule has 3 aromatic rings. The summed E-state index contributed by atoms with van der Waals surface area (Å²) in [4.78, 5) is 30.4. The highest BCUT2D eigenvalue weighted by molar-refractivity contribution is 7.19. The van der Waals surface area contributed by atoms with Crippen LogP contribution in [0.2, 0.25) is 0 Å². The predicted octanol–water partition coefficient (Wildman–Crippen LogP) is 3.90. The zero-order valence-corrected chi connectivity index (χ0v) is 17.0. The average Bonchev–Trinajstić information content (AvgIpc) is 3.29. The van der Waals surface area contributed by atoms with Gasteiger partial charge in [0.1, 0.15) is 17.4 Å². The third-order valence-electron chi connectivity index (χ3n) is 4.62. The second-order valence-corrected chi connectivity index (χ2v) is 7.51. The maximum atomic E-state index is 12.7. The van der Waals surface area contributed by atoms with Crippen LogP contribution in [0.3, 0.4) is 0 Å². The van der Waals surface area contributed by atoms with Gasteiger partial charge in [-0.2, -0.15) is 10.2 Å². The smallest absolute Gasteiger partial charge is 0.271 e. The lowest BCUT2D eigenvalue weighted by Crippen LogP contribution is -2.42. The largest absolute Gasteiger partial charge is 0.437 e. The maximum absolute atomic E-state index is 12.7. The number of carbonyl (C=O) groups is 2. The molecule has 0 bridgehead atoms. The molecule has 0 fully saturated rings. The summed E-state index contributed by atoms with van der Waals surface area (Å²) >= 11 is 1.39. The molecule has 0 radical (unpaired) electrons. The fraction of sp³-hybridized carbons (Fsp3) is 0.130. The Morgan fingerprint density at radius 3 is 2.63 bits per heavy atom. The van der Waals surface area contributed by atoms with Gasteiger partial charge in [0.25, 0.3) is 11.8 Å². The van der Waals surface area contributed by atoms with Gasteiger partial charge in [-0.25, -0.2) is 0 Å². The van der Waals surface area contributed by atoms with Crippen molar-refractivity contribution in [1.29, 1.82) is 5.26 Å². The van der Waals surface area contributed by atoms with E-state index >= 15 is 0 Å². The normalized spacial score (nSPS) is 15.5. The Kier molecular flexibility index (Phi) is 5.05. The van der Waals surface area contributed by atoms with Gasteiger partial charge in [0.05, 0.1) is 4.70 Å². The van der Waals surface area contributed by atoms with E-state index in [0.29, 0.717) is 22.1 Å². The molecular formula is C23H15N3O3S. The van der Waals surface area contributed by atoms with Crippen LogP contribution in [0.5, 0.6) is 0 Å². The van der Waals surface area contributed by atoms with Crippen molar-refractivity contribution in [3.8, 4) is 17.9 Å². The predicted molar refractivity (Wildman–Crippen MR) is 113 cm³/mol. The van der Waals surface area contributed by atoms with E-state index < -0.39 is 11.8 Å². The molecule has 1 aliphatic heterocycles. The van der Waals surface area contributed by atoms with Crippen LogP contribution < -0.4 is 0 Å². The highest BCUT2D eigenvalue weighted by atomic mass is 32.1. The van der Waals surface area contributed by atoms with Gasteiger partial charge in [0.15, 0.2) is 5.01 Å². The minimum atomic E-state index is -0.566. The lowest BCUT2D eigenvalue weighted by molar-refractivity contribution is -0.140. The lowest BCUT2D eigenvalue weighted by atomic mass is 9.95. The van der Waals surface area contributed by atoms with Gasteiger partial charge in [0, 0.05) is 23.7 Å². The minimum absolute atomic E-state index is 0.0346. The number of carbonyl (C=O) groups excluding carboxylic acids is 2. The molecule has 4 rings (SSSR count). The molecule has 0 saturated heterocycles. The SMILES string of the molecule is CCN1C(=O)C(C#N)=C(C)/C(=C/c2cc3sc(C#Cc4ccccc4)nc3o2)C1=O. The molecule has 2 amide bonds. The number of likely N-dealkylation sites (N-methyl/N-ethyl adjacent to an activating group) is 1. The molecule has 0 spiro atoms. The lowest BCUT2D eigenvalue weighted by Gasteiger charge is -2.25. The Morgan fingerprint density at radius 2 is 1.97 bits per heavy atom. The summed E-state index contributed by atoms with van der Waals surface area (Å²) < 4.78 is 6.56. The van der Waals surface area contributed by atoms with E-state index in [1.54, 1.807) is 26.0 Å². The Labute approximate surface area is 176 Å². The van der Waals surface area contributed by atoms with Gasteiger partial charge < -0.3 is 4.42 Å². The average molecular weight is 413 g/mol. The molecule has 0 unspecified atom stereocenters. The number of aromatic nitrogens is 1. The molecule has 0 atom stereocenters. The number of imide groups is 1. The van der Waals surface area contributed by atoms with Crippen LogP contribution in [-0.4, -0.2) is 28.2 Å². The van der Waals surface area contributed by atoms with Crippen molar-refractivity contribution < 1.29 is 14.0 Å². The van der Waals surface area contributed by atoms with Crippen LogP contribution in [-0.2, 0) is 9.59 Å². The number of thiazole rings is 1. The number of rotatable bonds is 2. The van der Waals surface area contributed by atoms with E-state index in [2.05, 4.69) is 16.8 Å². The van der Waals surface area contributed by atoms with Gasteiger partial charge in [-0.1, -0.05) is 24.1 Å². The molecule has 1 aromatic carbocycles. The minimum Gasteiger partial charge on any atom is -0.437 e. The van der Waals surface area contributed by atoms with Gasteiger partial charge in [-0.15, -0.1) is 11.3 Å². The summed E-state index contributed by atoms with van der Waals surface area (Å²) in [6.45, 7) is 3.47. The van der Waals surface area contributed by atoms with E-state index in [1.165, 1.54) is 11.3 Å². The van der Waals surface area contributed by atoms with Crippen molar-refractivity contribution in [3.05, 3.63) is 69.4 Å². The number of amides is 2. The number of hydrogen-bond acceptors (Lipinski definition) is 6. The summed E-state index contributed by atoms with van der Waals surface area (Å²) in [5, 5.41) is 9.95. The van der Waals surface area contributed by atoms with Crippen LogP contribution in [0.25, 0.3) is 16.5 Å². The van der Waals surface area contributed by atoms with Crippen molar-refractivity contribution in [2.24, 2.45) is 0 Å². The summed E-state index contributed by atoms with van der Waals surface area (Å²) in [7, 11) is 0. The monoisotopic (exact) mass is 413 g/mol. The van der Waals surface area contributed by atoms with Crippen LogP contribution >= 0.6 is 11.3 Å². The standard InChI is InChI=1S/C23H15N3O3S/c1-3-26-22(27)17(14(2)18(13-24)23(26)28)11-16-12-19-21(29-16)25-20(30-19)10-9-15-7-5-4-6-8-15/h4-8,11-12H,3H2,1-2H3/b17-11-. The second-order valence-electron chi connectivity index (χ2n) is 6.48. The molecule has 0 N–H and O–H groups in total. The second kappa shape index (κ2) is 7.82. The van der Waals surface area contributed by atoms with E-state index in [4.69, 9.17) is 4.42 Å². The Balaban J connectivity index is 1.68.